The molecule has 1 atom stereocenters. The molecule has 23 heavy (non-hydrogen) atoms. The molecule has 2 amide bonds. The van der Waals surface area contributed by atoms with Gasteiger partial charge in [0, 0.05) is 12.6 Å². The van der Waals surface area contributed by atoms with Crippen LogP contribution in [0.4, 0.5) is 11.4 Å². The Hall–Kier alpha value is -1.59. The van der Waals surface area contributed by atoms with Crippen LogP contribution in [0.1, 0.15) is 45.4 Å². The van der Waals surface area contributed by atoms with Crippen molar-refractivity contribution in [1.29, 1.82) is 0 Å². The van der Waals surface area contributed by atoms with Gasteiger partial charge in [0.25, 0.3) is 0 Å². The van der Waals surface area contributed by atoms with Crippen molar-refractivity contribution in [2.75, 3.05) is 10.6 Å². The van der Waals surface area contributed by atoms with Crippen LogP contribution >= 0.6 is 11.6 Å². The van der Waals surface area contributed by atoms with Crippen LogP contribution in [-0.2, 0) is 9.59 Å². The van der Waals surface area contributed by atoms with Gasteiger partial charge in [-0.2, -0.15) is 0 Å². The first-order valence-corrected chi connectivity index (χ1v) is 8.47. The molecule has 1 aliphatic carbocycles. The molecular weight excluding hydrogens is 314 g/mol. The third-order valence-corrected chi connectivity index (χ3v) is 4.51. The van der Waals surface area contributed by atoms with Crippen molar-refractivity contribution in [3.8, 4) is 0 Å². The molecule has 6 heteroatoms. The largest absolute Gasteiger partial charge is 0.325 e. The summed E-state index contributed by atoms with van der Waals surface area (Å²) in [5.41, 5.74) is 7.12. The van der Waals surface area contributed by atoms with Crippen LogP contribution in [0.25, 0.3) is 0 Å². The molecule has 0 radical (unpaired) electrons. The van der Waals surface area contributed by atoms with Crippen LogP contribution in [0.15, 0.2) is 18.2 Å². The summed E-state index contributed by atoms with van der Waals surface area (Å²) >= 11 is 6.09. The Bertz CT molecular complexity index is 571. The number of hydrogen-bond donors (Lipinski definition) is 3. The summed E-state index contributed by atoms with van der Waals surface area (Å²) in [6.07, 6.45) is 6.81. The quantitative estimate of drug-likeness (QED) is 0.768. The summed E-state index contributed by atoms with van der Waals surface area (Å²) in [5.74, 6) is 0.160. The normalized spacial score (nSPS) is 16.7. The number of halogens is 1. The van der Waals surface area contributed by atoms with Gasteiger partial charge in [0.1, 0.15) is 0 Å². The maximum atomic E-state index is 12.2. The standard InChI is InChI=1S/C17H24ClN3O2/c1-11(22)20-16-8-7-13(10-14(16)18)21-17(23)15(19)9-12-5-3-2-4-6-12/h7-8,10,12,15H,2-6,9,19H2,1H3,(H,20,22)(H,21,23). The highest BCUT2D eigenvalue weighted by atomic mass is 35.5. The Morgan fingerprint density at radius 1 is 1.26 bits per heavy atom. The molecule has 0 bridgehead atoms. The molecule has 0 saturated heterocycles. The average molecular weight is 338 g/mol. The van der Waals surface area contributed by atoms with E-state index in [1.807, 2.05) is 0 Å². The highest BCUT2D eigenvalue weighted by Crippen LogP contribution is 2.28. The van der Waals surface area contributed by atoms with Crippen molar-refractivity contribution in [2.24, 2.45) is 11.7 Å². The molecular formula is C17H24ClN3O2. The molecule has 4 N–H and O–H groups in total. The Balaban J connectivity index is 1.91. The number of carbonyl (C=O) groups is 2. The molecule has 1 saturated carbocycles. The second kappa shape index (κ2) is 8.31. The lowest BCUT2D eigenvalue weighted by Crippen LogP contribution is -2.37. The zero-order valence-corrected chi connectivity index (χ0v) is 14.2. The monoisotopic (exact) mass is 337 g/mol. The summed E-state index contributed by atoms with van der Waals surface area (Å²) < 4.78 is 0. The van der Waals surface area contributed by atoms with E-state index in [0.29, 0.717) is 22.3 Å². The summed E-state index contributed by atoms with van der Waals surface area (Å²) in [6, 6.07) is 4.46. The number of rotatable bonds is 5. The number of amides is 2. The molecule has 0 spiro atoms. The van der Waals surface area contributed by atoms with Gasteiger partial charge in [0.05, 0.1) is 16.8 Å². The van der Waals surface area contributed by atoms with E-state index < -0.39 is 6.04 Å². The number of carbonyl (C=O) groups excluding carboxylic acids is 2. The molecule has 1 fully saturated rings. The summed E-state index contributed by atoms with van der Waals surface area (Å²) in [5, 5.41) is 5.79. The number of hydrogen-bond acceptors (Lipinski definition) is 3. The molecule has 5 nitrogen and oxygen atoms in total. The summed E-state index contributed by atoms with van der Waals surface area (Å²) in [7, 11) is 0. The van der Waals surface area contributed by atoms with Gasteiger partial charge in [-0.3, -0.25) is 9.59 Å². The fourth-order valence-corrected chi connectivity index (χ4v) is 3.24. The van der Waals surface area contributed by atoms with Crippen LogP contribution in [-0.4, -0.2) is 17.9 Å². The third kappa shape index (κ3) is 5.52. The highest BCUT2D eigenvalue weighted by molar-refractivity contribution is 6.34. The smallest absolute Gasteiger partial charge is 0.241 e. The summed E-state index contributed by atoms with van der Waals surface area (Å²) in [6.45, 7) is 1.41. The molecule has 0 heterocycles. The molecule has 1 aliphatic rings. The van der Waals surface area contributed by atoms with E-state index in [1.165, 1.54) is 26.2 Å². The third-order valence-electron chi connectivity index (χ3n) is 4.20. The fourth-order valence-electron chi connectivity index (χ4n) is 3.01. The molecule has 2 rings (SSSR count). The van der Waals surface area contributed by atoms with Crippen molar-refractivity contribution >= 4 is 34.8 Å². The van der Waals surface area contributed by atoms with Gasteiger partial charge < -0.3 is 16.4 Å². The van der Waals surface area contributed by atoms with Gasteiger partial charge in [-0.1, -0.05) is 43.7 Å². The first-order valence-electron chi connectivity index (χ1n) is 8.09. The Morgan fingerprint density at radius 3 is 2.57 bits per heavy atom. The minimum absolute atomic E-state index is 0.195. The minimum atomic E-state index is -0.508. The van der Waals surface area contributed by atoms with E-state index in [1.54, 1.807) is 18.2 Å². The highest BCUT2D eigenvalue weighted by Gasteiger charge is 2.21. The number of nitrogens with two attached hydrogens (primary N) is 1. The van der Waals surface area contributed by atoms with Crippen molar-refractivity contribution in [3.05, 3.63) is 23.2 Å². The maximum absolute atomic E-state index is 12.2. The first kappa shape index (κ1) is 17.8. The SMILES string of the molecule is CC(=O)Nc1ccc(NC(=O)C(N)CC2CCCCC2)cc1Cl. The van der Waals surface area contributed by atoms with E-state index in [4.69, 9.17) is 17.3 Å². The number of benzene rings is 1. The lowest BCUT2D eigenvalue weighted by atomic mass is 9.85. The van der Waals surface area contributed by atoms with Gasteiger partial charge >= 0.3 is 0 Å². The first-order chi connectivity index (χ1) is 11.0. The van der Waals surface area contributed by atoms with Crippen LogP contribution < -0.4 is 16.4 Å². The molecule has 1 aromatic carbocycles. The van der Waals surface area contributed by atoms with Gasteiger partial charge in [0.2, 0.25) is 11.8 Å². The fraction of sp³-hybridized carbons (Fsp3) is 0.529. The molecule has 0 aliphatic heterocycles. The van der Waals surface area contributed by atoms with E-state index >= 15 is 0 Å². The summed E-state index contributed by atoms with van der Waals surface area (Å²) in [4.78, 5) is 23.3. The van der Waals surface area contributed by atoms with Crippen molar-refractivity contribution in [1.82, 2.24) is 0 Å². The Labute approximate surface area is 142 Å². The van der Waals surface area contributed by atoms with Crippen LogP contribution in [0.5, 0.6) is 0 Å². The maximum Gasteiger partial charge on any atom is 0.241 e. The van der Waals surface area contributed by atoms with Crippen molar-refractivity contribution in [2.45, 2.75) is 51.5 Å². The number of nitrogens with one attached hydrogen (secondary N) is 2. The second-order valence-electron chi connectivity index (χ2n) is 6.21. The van der Waals surface area contributed by atoms with Gasteiger partial charge in [-0.25, -0.2) is 0 Å². The Morgan fingerprint density at radius 2 is 1.96 bits per heavy atom. The van der Waals surface area contributed by atoms with E-state index in [9.17, 15) is 9.59 Å². The molecule has 1 unspecified atom stereocenters. The Kier molecular flexibility index (Phi) is 6.42. The average Bonchev–Trinajstić information content (AvgIpc) is 2.50. The predicted molar refractivity (Wildman–Crippen MR) is 93.6 cm³/mol. The lowest BCUT2D eigenvalue weighted by Gasteiger charge is -2.24. The minimum Gasteiger partial charge on any atom is -0.325 e. The second-order valence-corrected chi connectivity index (χ2v) is 6.62. The van der Waals surface area contributed by atoms with Gasteiger partial charge in [0.15, 0.2) is 0 Å². The van der Waals surface area contributed by atoms with Gasteiger partial charge in [-0.05, 0) is 30.5 Å². The molecule has 1 aromatic rings. The topological polar surface area (TPSA) is 84.2 Å². The van der Waals surface area contributed by atoms with Crippen LogP contribution in [0.3, 0.4) is 0 Å². The van der Waals surface area contributed by atoms with E-state index in [0.717, 1.165) is 19.3 Å². The molecule has 126 valence electrons. The van der Waals surface area contributed by atoms with Crippen LogP contribution in [0.2, 0.25) is 5.02 Å². The molecule has 0 aromatic heterocycles. The van der Waals surface area contributed by atoms with E-state index in [-0.39, 0.29) is 11.8 Å². The number of anilines is 2. The van der Waals surface area contributed by atoms with Gasteiger partial charge in [-0.15, -0.1) is 0 Å². The van der Waals surface area contributed by atoms with Crippen LogP contribution in [0, 0.1) is 5.92 Å². The zero-order valence-electron chi connectivity index (χ0n) is 13.4. The van der Waals surface area contributed by atoms with Crippen molar-refractivity contribution in [3.63, 3.8) is 0 Å². The zero-order chi connectivity index (χ0) is 16.8. The predicted octanol–water partition coefficient (Wildman–Crippen LogP) is 3.53. The van der Waals surface area contributed by atoms with Crippen molar-refractivity contribution < 1.29 is 9.59 Å². The lowest BCUT2D eigenvalue weighted by molar-refractivity contribution is -0.118. The van der Waals surface area contributed by atoms with E-state index in [2.05, 4.69) is 10.6 Å².